The number of nitrogens with zero attached hydrogens (tertiary/aromatic N) is 1. The molecule has 1 fully saturated rings. The van der Waals surface area contributed by atoms with Crippen molar-refractivity contribution in [2.24, 2.45) is 5.92 Å². The van der Waals surface area contributed by atoms with Gasteiger partial charge in [-0.1, -0.05) is 32.1 Å². The number of halogens is 2. The number of nitrogens with one attached hydrogen (secondary N) is 1. The minimum atomic E-state index is -0.581. The van der Waals surface area contributed by atoms with Crippen LogP contribution in [0.1, 0.15) is 38.5 Å². The lowest BCUT2D eigenvalue weighted by Crippen LogP contribution is -2.10. The average Bonchev–Trinajstić information content (AvgIpc) is 2.74. The minimum absolute atomic E-state index is 0.306. The van der Waals surface area contributed by atoms with Gasteiger partial charge in [-0.15, -0.1) is 0 Å². The van der Waals surface area contributed by atoms with Crippen LogP contribution in [0, 0.1) is 22.3 Å². The second-order valence-corrected chi connectivity index (χ2v) is 6.04. The van der Waals surface area contributed by atoms with Crippen LogP contribution >= 0.6 is 12.2 Å². The second kappa shape index (κ2) is 5.64. The Morgan fingerprint density at radius 2 is 1.95 bits per heavy atom. The van der Waals surface area contributed by atoms with E-state index in [2.05, 4.69) is 4.98 Å². The second-order valence-electron chi connectivity index (χ2n) is 5.66. The van der Waals surface area contributed by atoms with Crippen molar-refractivity contribution in [1.29, 1.82) is 0 Å². The molecule has 2 aromatic rings. The first-order valence-electron chi connectivity index (χ1n) is 7.22. The number of rotatable bonds is 3. The molecule has 1 aliphatic rings. The Hall–Kier alpha value is -1.23. The Labute approximate surface area is 121 Å². The molecule has 1 aromatic heterocycles. The van der Waals surface area contributed by atoms with E-state index in [1.807, 2.05) is 4.57 Å². The Balaban J connectivity index is 1.87. The molecule has 3 rings (SSSR count). The highest BCUT2D eigenvalue weighted by Gasteiger charge is 2.15. The van der Waals surface area contributed by atoms with Crippen LogP contribution in [-0.4, -0.2) is 9.55 Å². The third-order valence-electron chi connectivity index (χ3n) is 4.29. The summed E-state index contributed by atoms with van der Waals surface area (Å²) in [6, 6.07) is 2.24. The van der Waals surface area contributed by atoms with Gasteiger partial charge in [0.05, 0.1) is 5.52 Å². The molecule has 0 bridgehead atoms. The summed E-state index contributed by atoms with van der Waals surface area (Å²) in [6.07, 6.45) is 7.48. The van der Waals surface area contributed by atoms with Crippen LogP contribution in [0.4, 0.5) is 8.78 Å². The minimum Gasteiger partial charge on any atom is -0.328 e. The van der Waals surface area contributed by atoms with E-state index in [0.29, 0.717) is 21.7 Å². The summed E-state index contributed by atoms with van der Waals surface area (Å²) in [5.41, 5.74) is 0.836. The van der Waals surface area contributed by atoms with Gasteiger partial charge < -0.3 is 9.55 Å². The maximum absolute atomic E-state index is 13.7. The number of hydrogen-bond acceptors (Lipinski definition) is 1. The zero-order valence-electron chi connectivity index (χ0n) is 11.3. The molecule has 1 saturated carbocycles. The Morgan fingerprint density at radius 1 is 1.20 bits per heavy atom. The zero-order valence-corrected chi connectivity index (χ0v) is 12.1. The van der Waals surface area contributed by atoms with E-state index >= 15 is 0 Å². The van der Waals surface area contributed by atoms with Crippen LogP contribution in [0.5, 0.6) is 0 Å². The van der Waals surface area contributed by atoms with Crippen molar-refractivity contribution in [1.82, 2.24) is 9.55 Å². The molecule has 0 radical (unpaired) electrons. The molecule has 1 N–H and O–H groups in total. The largest absolute Gasteiger partial charge is 0.328 e. The lowest BCUT2D eigenvalue weighted by atomic mass is 9.87. The SMILES string of the molecule is Fc1cc(F)c2[nH]c(=S)n(CCC3CCCCC3)c2c1. The number of benzene rings is 1. The van der Waals surface area contributed by atoms with Crippen molar-refractivity contribution in [3.63, 3.8) is 0 Å². The van der Waals surface area contributed by atoms with Crippen molar-refractivity contribution in [3.8, 4) is 0 Å². The summed E-state index contributed by atoms with van der Waals surface area (Å²) in [5.74, 6) is -0.424. The highest BCUT2D eigenvalue weighted by Crippen LogP contribution is 2.28. The quantitative estimate of drug-likeness (QED) is 0.795. The molecule has 0 aliphatic heterocycles. The van der Waals surface area contributed by atoms with Gasteiger partial charge in [0, 0.05) is 12.6 Å². The number of aryl methyl sites for hydroxylation is 1. The molecule has 0 unspecified atom stereocenters. The van der Waals surface area contributed by atoms with Crippen molar-refractivity contribution in [2.75, 3.05) is 0 Å². The molecule has 0 amide bonds. The third kappa shape index (κ3) is 2.64. The first-order chi connectivity index (χ1) is 9.65. The first-order valence-corrected chi connectivity index (χ1v) is 7.63. The predicted molar refractivity (Wildman–Crippen MR) is 78.2 cm³/mol. The van der Waals surface area contributed by atoms with Gasteiger partial charge in [0.15, 0.2) is 10.6 Å². The molecule has 0 atom stereocenters. The molecule has 0 saturated heterocycles. The highest BCUT2D eigenvalue weighted by atomic mass is 32.1. The average molecular weight is 296 g/mol. The van der Waals surface area contributed by atoms with E-state index in [9.17, 15) is 8.78 Å². The smallest absolute Gasteiger partial charge is 0.178 e. The molecule has 20 heavy (non-hydrogen) atoms. The topological polar surface area (TPSA) is 20.7 Å². The summed E-state index contributed by atoms with van der Waals surface area (Å²) in [6.45, 7) is 0.729. The van der Waals surface area contributed by atoms with Crippen molar-refractivity contribution >= 4 is 23.3 Å². The Morgan fingerprint density at radius 3 is 2.70 bits per heavy atom. The Bertz CT molecular complexity index is 668. The third-order valence-corrected chi connectivity index (χ3v) is 4.61. The Kier molecular flexibility index (Phi) is 3.87. The molecular formula is C15H18F2N2S. The molecule has 5 heteroatoms. The lowest BCUT2D eigenvalue weighted by Gasteiger charge is -2.21. The lowest BCUT2D eigenvalue weighted by molar-refractivity contribution is 0.325. The van der Waals surface area contributed by atoms with Gasteiger partial charge in [-0.2, -0.15) is 0 Å². The van der Waals surface area contributed by atoms with E-state index in [-0.39, 0.29) is 0 Å². The van der Waals surface area contributed by atoms with Crippen molar-refractivity contribution in [3.05, 3.63) is 28.5 Å². The van der Waals surface area contributed by atoms with E-state index in [4.69, 9.17) is 12.2 Å². The number of aromatic amines is 1. The van der Waals surface area contributed by atoms with Gasteiger partial charge in [-0.3, -0.25) is 0 Å². The molecule has 108 valence electrons. The maximum Gasteiger partial charge on any atom is 0.178 e. The molecular weight excluding hydrogens is 278 g/mol. The summed E-state index contributed by atoms with van der Waals surface area (Å²) in [4.78, 5) is 2.85. The van der Waals surface area contributed by atoms with Crippen LogP contribution in [0.25, 0.3) is 11.0 Å². The predicted octanol–water partition coefficient (Wildman–Crippen LogP) is 4.95. The van der Waals surface area contributed by atoms with Crippen molar-refractivity contribution < 1.29 is 8.78 Å². The molecule has 0 spiro atoms. The zero-order chi connectivity index (χ0) is 14.1. The van der Waals surface area contributed by atoms with E-state index in [1.165, 1.54) is 38.2 Å². The fraction of sp³-hybridized carbons (Fsp3) is 0.533. The van der Waals surface area contributed by atoms with Crippen LogP contribution in [0.15, 0.2) is 12.1 Å². The van der Waals surface area contributed by atoms with Gasteiger partial charge in [-0.25, -0.2) is 8.78 Å². The maximum atomic E-state index is 13.7. The number of aromatic nitrogens is 2. The summed E-state index contributed by atoms with van der Waals surface area (Å²) in [5, 5.41) is 0. The van der Waals surface area contributed by atoms with Crippen LogP contribution in [0.2, 0.25) is 0 Å². The van der Waals surface area contributed by atoms with Gasteiger partial charge in [0.1, 0.15) is 11.3 Å². The number of hydrogen-bond donors (Lipinski definition) is 1. The highest BCUT2D eigenvalue weighted by molar-refractivity contribution is 7.71. The molecule has 1 heterocycles. The van der Waals surface area contributed by atoms with Crippen LogP contribution in [-0.2, 0) is 6.54 Å². The summed E-state index contributed by atoms with van der Waals surface area (Å²) < 4.78 is 29.4. The number of H-pyrrole nitrogens is 1. The van der Waals surface area contributed by atoms with E-state index in [1.54, 1.807) is 0 Å². The molecule has 1 aromatic carbocycles. The monoisotopic (exact) mass is 296 g/mol. The first kappa shape index (κ1) is 13.7. The van der Waals surface area contributed by atoms with Gasteiger partial charge in [0.2, 0.25) is 0 Å². The van der Waals surface area contributed by atoms with Gasteiger partial charge in [0.25, 0.3) is 0 Å². The summed E-state index contributed by atoms with van der Waals surface area (Å²) in [7, 11) is 0. The van der Waals surface area contributed by atoms with Crippen molar-refractivity contribution in [2.45, 2.75) is 45.1 Å². The standard InChI is InChI=1S/C15H18F2N2S/c16-11-8-12(17)14-13(9-11)19(15(20)18-14)7-6-10-4-2-1-3-5-10/h8-10H,1-7H2,(H,18,20). The number of fused-ring (bicyclic) bond motifs is 1. The fourth-order valence-electron chi connectivity index (χ4n) is 3.19. The molecule has 2 nitrogen and oxygen atoms in total. The molecule has 1 aliphatic carbocycles. The number of imidazole rings is 1. The summed E-state index contributed by atoms with van der Waals surface area (Å²) >= 11 is 5.24. The van der Waals surface area contributed by atoms with E-state index < -0.39 is 11.6 Å². The fourth-order valence-corrected chi connectivity index (χ4v) is 3.48. The van der Waals surface area contributed by atoms with Gasteiger partial charge >= 0.3 is 0 Å². The van der Waals surface area contributed by atoms with Gasteiger partial charge in [-0.05, 0) is 30.6 Å². The van der Waals surface area contributed by atoms with Crippen LogP contribution < -0.4 is 0 Å². The van der Waals surface area contributed by atoms with Crippen LogP contribution in [0.3, 0.4) is 0 Å². The normalized spacial score (nSPS) is 16.9. The van der Waals surface area contributed by atoms with E-state index in [0.717, 1.165) is 19.0 Å².